The van der Waals surface area contributed by atoms with E-state index in [0.29, 0.717) is 27.1 Å². The van der Waals surface area contributed by atoms with Crippen LogP contribution in [-0.2, 0) is 0 Å². The Labute approximate surface area is 274 Å². The summed E-state index contributed by atoms with van der Waals surface area (Å²) in [6.45, 7) is 0. The Balaban J connectivity index is 1.44. The molecule has 1 aromatic heterocycles. The van der Waals surface area contributed by atoms with Gasteiger partial charge in [-0.05, 0) is 77.8 Å². The van der Waals surface area contributed by atoms with Gasteiger partial charge in [-0.25, -0.2) is 0 Å². The maximum absolute atomic E-state index is 9.47. The molecule has 0 aliphatic heterocycles. The Morgan fingerprint density at radius 2 is 0.930 bits per heavy atom. The van der Waals surface area contributed by atoms with Gasteiger partial charge in [0.25, 0.3) is 0 Å². The fourth-order valence-electron chi connectivity index (χ4n) is 5.78. The second-order valence-corrected chi connectivity index (χ2v) is 9.85. The van der Waals surface area contributed by atoms with E-state index in [9.17, 15) is 6.85 Å². The second-order valence-electron chi connectivity index (χ2n) is 9.85. The molecule has 0 saturated heterocycles. The van der Waals surface area contributed by atoms with Gasteiger partial charge < -0.3 is 4.42 Å². The molecule has 8 aromatic carbocycles. The minimum Gasteiger partial charge on any atom is -0.456 e. The molecule has 0 saturated carbocycles. The van der Waals surface area contributed by atoms with Crippen molar-refractivity contribution in [1.82, 2.24) is 0 Å². The van der Waals surface area contributed by atoms with E-state index in [-0.39, 0.29) is 38.6 Å². The molecular formula is C42H26O. The Morgan fingerprint density at radius 1 is 0.395 bits per heavy atom. The molecule has 43 heavy (non-hydrogen) atoms. The van der Waals surface area contributed by atoms with Crippen molar-refractivity contribution in [3.8, 4) is 33.4 Å². The van der Waals surface area contributed by atoms with Gasteiger partial charge in [-0.1, -0.05) is 145 Å². The number of para-hydroxylation sites is 1. The number of hydrogen-bond acceptors (Lipinski definition) is 1. The van der Waals surface area contributed by atoms with Crippen LogP contribution in [-0.4, -0.2) is 0 Å². The molecule has 1 heteroatoms. The van der Waals surface area contributed by atoms with Crippen LogP contribution in [0.25, 0.3) is 87.6 Å². The van der Waals surface area contributed by atoms with Crippen molar-refractivity contribution in [2.75, 3.05) is 0 Å². The summed E-state index contributed by atoms with van der Waals surface area (Å²) in [5, 5.41) is 0.557. The van der Waals surface area contributed by atoms with Gasteiger partial charge in [0.1, 0.15) is 11.2 Å². The van der Waals surface area contributed by atoms with Gasteiger partial charge in [0.15, 0.2) is 0 Å². The predicted octanol–water partition coefficient (Wildman–Crippen LogP) is 12.0. The minimum atomic E-state index is -0.737. The Kier molecular flexibility index (Phi) is 2.70. The third-order valence-corrected chi connectivity index (χ3v) is 7.57. The first kappa shape index (κ1) is 12.3. The number of rotatable bonds is 3. The van der Waals surface area contributed by atoms with Gasteiger partial charge in [-0.3, -0.25) is 0 Å². The first-order valence-corrected chi connectivity index (χ1v) is 13.3. The lowest BCUT2D eigenvalue weighted by Gasteiger charge is -2.18. The van der Waals surface area contributed by atoms with Crippen molar-refractivity contribution >= 4 is 54.3 Å². The highest BCUT2D eigenvalue weighted by Crippen LogP contribution is 2.47. The van der Waals surface area contributed by atoms with Crippen molar-refractivity contribution in [3.63, 3.8) is 0 Å². The van der Waals surface area contributed by atoms with Gasteiger partial charge in [-0.15, -0.1) is 0 Å². The molecule has 0 bridgehead atoms. The van der Waals surface area contributed by atoms with Crippen LogP contribution in [0.5, 0.6) is 0 Å². The normalized spacial score (nSPS) is 17.6. The van der Waals surface area contributed by atoms with Gasteiger partial charge >= 0.3 is 0 Å². The summed E-state index contributed by atoms with van der Waals surface area (Å²) in [5.74, 6) is 0. The van der Waals surface area contributed by atoms with Crippen molar-refractivity contribution in [2.24, 2.45) is 0 Å². The molecule has 0 aliphatic carbocycles. The summed E-state index contributed by atoms with van der Waals surface area (Å²) in [6, 6.07) is 2.34. The summed E-state index contributed by atoms with van der Waals surface area (Å²) < 4.78 is 164. The lowest BCUT2D eigenvalue weighted by Crippen LogP contribution is -1.91. The van der Waals surface area contributed by atoms with E-state index in [0.717, 1.165) is 0 Å². The van der Waals surface area contributed by atoms with Gasteiger partial charge in [0.05, 0.1) is 24.7 Å². The lowest BCUT2D eigenvalue weighted by atomic mass is 9.84. The van der Waals surface area contributed by atoms with E-state index in [1.807, 2.05) is 0 Å². The van der Waals surface area contributed by atoms with Crippen LogP contribution in [0.15, 0.2) is 162 Å². The van der Waals surface area contributed by atoms with Crippen LogP contribution < -0.4 is 0 Å². The van der Waals surface area contributed by atoms with E-state index in [2.05, 4.69) is 0 Å². The maximum atomic E-state index is 9.47. The molecule has 0 unspecified atom stereocenters. The van der Waals surface area contributed by atoms with Crippen LogP contribution in [0.2, 0.25) is 0 Å². The van der Waals surface area contributed by atoms with Crippen molar-refractivity contribution in [3.05, 3.63) is 157 Å². The second kappa shape index (κ2) is 9.44. The molecule has 200 valence electrons. The van der Waals surface area contributed by atoms with Gasteiger partial charge in [-0.2, -0.15) is 0 Å². The third-order valence-electron chi connectivity index (χ3n) is 7.57. The van der Waals surface area contributed by atoms with Crippen LogP contribution in [0, 0.1) is 0 Å². The van der Waals surface area contributed by atoms with Crippen LogP contribution in [0.1, 0.15) is 24.7 Å². The Morgan fingerprint density at radius 3 is 1.67 bits per heavy atom. The molecule has 1 nitrogen and oxygen atoms in total. The van der Waals surface area contributed by atoms with Crippen molar-refractivity contribution < 1.29 is 29.1 Å². The summed E-state index contributed by atoms with van der Waals surface area (Å²) in [6.07, 6.45) is 0. The number of furan rings is 1. The smallest absolute Gasteiger partial charge is 0.136 e. The molecular weight excluding hydrogens is 520 g/mol. The van der Waals surface area contributed by atoms with E-state index in [1.165, 1.54) is 0 Å². The minimum absolute atomic E-state index is 0.00789. The summed E-state index contributed by atoms with van der Waals surface area (Å²) in [7, 11) is 0. The molecule has 0 spiro atoms. The molecule has 0 fully saturated rings. The fraction of sp³-hybridized carbons (Fsp3) is 0. The molecule has 0 amide bonds. The zero-order valence-corrected chi connectivity index (χ0v) is 22.0. The predicted molar refractivity (Wildman–Crippen MR) is 183 cm³/mol. The molecule has 1 heterocycles. The standard InChI is InChI=1S/C42H26O/c1-2-13-30-27(11-1)12-9-19-31(30)28-23-25-29(26-24-28)40-32-14-3-5-16-34(32)41(35-17-6-4-15-33(35)40)37-20-10-22-39-42(37)36-18-7-8-21-38(36)43-39/h1-26H/i1D,2D,7D,8D,9D,10D,11D,12D,13D,18D,19D,20D,21D,22D,23D,24D,25D,26D. The highest BCUT2D eigenvalue weighted by atomic mass is 16.3. The average molecular weight is 565 g/mol. The zero-order chi connectivity index (χ0) is 44.0. The van der Waals surface area contributed by atoms with E-state index in [4.69, 9.17) is 22.2 Å². The monoisotopic (exact) mass is 564 g/mol. The summed E-state index contributed by atoms with van der Waals surface area (Å²) >= 11 is 0. The molecule has 0 atom stereocenters. The van der Waals surface area contributed by atoms with Crippen molar-refractivity contribution in [2.45, 2.75) is 0 Å². The average Bonchev–Trinajstić information content (AvgIpc) is 3.65. The fourth-order valence-corrected chi connectivity index (χ4v) is 5.78. The van der Waals surface area contributed by atoms with E-state index >= 15 is 0 Å². The summed E-state index contributed by atoms with van der Waals surface area (Å²) in [4.78, 5) is 0. The zero-order valence-electron chi connectivity index (χ0n) is 40.0. The number of benzene rings is 8. The molecule has 9 rings (SSSR count). The van der Waals surface area contributed by atoms with E-state index in [1.54, 1.807) is 48.5 Å². The largest absolute Gasteiger partial charge is 0.456 e. The van der Waals surface area contributed by atoms with E-state index < -0.39 is 131 Å². The summed E-state index contributed by atoms with van der Waals surface area (Å²) in [5.41, 5.74) is -1.11. The van der Waals surface area contributed by atoms with Gasteiger partial charge in [0, 0.05) is 10.8 Å². The third kappa shape index (κ3) is 3.65. The van der Waals surface area contributed by atoms with Crippen LogP contribution in [0.4, 0.5) is 0 Å². The van der Waals surface area contributed by atoms with Gasteiger partial charge in [0.2, 0.25) is 0 Å². The highest BCUT2D eigenvalue weighted by molar-refractivity contribution is 6.25. The Bertz CT molecular complexity index is 3420. The first-order chi connectivity index (χ1) is 28.8. The lowest BCUT2D eigenvalue weighted by molar-refractivity contribution is 0.669. The van der Waals surface area contributed by atoms with Crippen LogP contribution >= 0.6 is 0 Å². The Hall–Kier alpha value is -5.66. The SMILES string of the molecule is [2H]c1c([2H])c(-c2c([2H])c([2H])c([2H])c3c([2H])c([2H])c([2H])c([2H])c23)c([2H])c([2H])c1-c1c2ccccc2c(-c2c([2H])c([2H])c([2H])c3oc4c([2H])c([2H])c([2H])c([2H])c4c23)c2ccccc12. The topological polar surface area (TPSA) is 13.1 Å². The number of fused-ring (bicyclic) bond motifs is 6. The molecule has 0 N–H and O–H groups in total. The maximum Gasteiger partial charge on any atom is 0.136 e. The van der Waals surface area contributed by atoms with Crippen molar-refractivity contribution in [1.29, 1.82) is 0 Å². The van der Waals surface area contributed by atoms with Crippen LogP contribution in [0.3, 0.4) is 0 Å². The molecule has 0 aliphatic rings. The first-order valence-electron chi connectivity index (χ1n) is 22.3. The highest BCUT2D eigenvalue weighted by Gasteiger charge is 2.20. The molecule has 9 aromatic rings. The quantitative estimate of drug-likeness (QED) is 0.195. The number of hydrogen-bond donors (Lipinski definition) is 0. The molecule has 0 radical (unpaired) electrons.